The van der Waals surface area contributed by atoms with E-state index in [1.807, 2.05) is 4.90 Å². The number of nitrogens with zero attached hydrogens (tertiary/aromatic N) is 4. The third kappa shape index (κ3) is 7.90. The molecule has 0 spiro atoms. The predicted molar refractivity (Wildman–Crippen MR) is 190 cm³/mol. The zero-order valence-electron chi connectivity index (χ0n) is 28.9. The number of fused-ring (bicyclic) bond motifs is 4. The molecule has 4 aliphatic rings. The third-order valence-corrected chi connectivity index (χ3v) is 11.9. The number of primary amides is 1. The van der Waals surface area contributed by atoms with E-state index in [9.17, 15) is 34.2 Å². The number of ether oxygens (including phenoxy) is 2. The molecule has 51 heavy (non-hydrogen) atoms. The number of hydrogen-bond acceptors (Lipinski definition) is 15. The molecule has 3 amide bonds. The summed E-state index contributed by atoms with van der Waals surface area (Å²) >= 11 is 0. The molecule has 5 rings (SSSR count). The number of amides is 3. The molecule has 2 fully saturated rings. The average Bonchev–Trinajstić information content (AvgIpc) is 3.62. The van der Waals surface area contributed by atoms with E-state index in [2.05, 4.69) is 26.2 Å². The highest BCUT2D eigenvalue weighted by Gasteiger charge is 2.73. The van der Waals surface area contributed by atoms with Gasteiger partial charge in [0.2, 0.25) is 17.6 Å². The minimum absolute atomic E-state index is 0.00522. The topological polar surface area (TPSA) is 249 Å². The van der Waals surface area contributed by atoms with Crippen molar-refractivity contribution in [3.8, 4) is 11.8 Å². The van der Waals surface area contributed by atoms with E-state index >= 15 is 0 Å². The zero-order valence-corrected chi connectivity index (χ0v) is 30.5. The Kier molecular flexibility index (Phi) is 12.0. The van der Waals surface area contributed by atoms with Crippen LogP contribution in [0.15, 0.2) is 27.4 Å². The van der Waals surface area contributed by atoms with Crippen molar-refractivity contribution in [1.29, 1.82) is 0 Å². The van der Waals surface area contributed by atoms with Crippen LogP contribution in [0, 0.1) is 18.8 Å². The molecule has 2 saturated heterocycles. The summed E-state index contributed by atoms with van der Waals surface area (Å²) in [5.74, 6) is -1.54. The van der Waals surface area contributed by atoms with Crippen LogP contribution in [0.1, 0.15) is 38.7 Å². The summed E-state index contributed by atoms with van der Waals surface area (Å²) in [5.41, 5.74) is 8.49. The number of carbonyl (C=O) groups is 5. The second-order valence-corrected chi connectivity index (χ2v) is 15.4. The number of carbonyl (C=O) groups excluding carboxylic acids is 5. The summed E-state index contributed by atoms with van der Waals surface area (Å²) < 4.78 is 12.4. The molecular weight excluding hydrogens is 705 g/mol. The standard InChI is InChI=1S/C32H44N8O9S2/c1-16-13-23(43)39(30(16)46)10-7-22(42)38-37-17(2)5-6-21(41)34-8-11-50-51-12-9-35-25-18(3)27(44)26-24(28(25)45)19(15-49-31(33)47)32(48-4)29-20(36-29)14-40(26)32/h13,18-20,29,36,43,46H,5-12,14-15H2,1-4H3,(H2,33,47)(H,34,41)(H,38,42)/t18?,19-,20+,29+,32-/m1/s1. The highest BCUT2D eigenvalue weighted by Crippen LogP contribution is 2.55. The Labute approximate surface area is 302 Å². The Hall–Kier alpha value is -4.07. The molecule has 17 nitrogen and oxygen atoms in total. The number of hydrogen-bond donors (Lipinski definition) is 6. The minimum Gasteiger partial charge on any atom is -0.494 e. The van der Waals surface area contributed by atoms with Gasteiger partial charge in [-0.05, 0) is 27.2 Å². The first-order chi connectivity index (χ1) is 24.3. The number of aliphatic imine (C=N–C) groups is 1. The lowest BCUT2D eigenvalue weighted by Crippen LogP contribution is -2.55. The summed E-state index contributed by atoms with van der Waals surface area (Å²) in [4.78, 5) is 69.7. The number of ketones is 2. The Morgan fingerprint density at radius 2 is 1.90 bits per heavy atom. The van der Waals surface area contributed by atoms with Gasteiger partial charge in [0.15, 0.2) is 23.3 Å². The summed E-state index contributed by atoms with van der Waals surface area (Å²) in [6.45, 7) is 6.17. The highest BCUT2D eigenvalue weighted by atomic mass is 33.1. The van der Waals surface area contributed by atoms with Crippen LogP contribution in [-0.2, 0) is 35.2 Å². The van der Waals surface area contributed by atoms with Gasteiger partial charge in [-0.15, -0.1) is 0 Å². The monoisotopic (exact) mass is 748 g/mol. The lowest BCUT2D eigenvalue weighted by molar-refractivity contribution is -0.138. The van der Waals surface area contributed by atoms with Gasteiger partial charge < -0.3 is 41.0 Å². The van der Waals surface area contributed by atoms with Crippen molar-refractivity contribution >= 4 is 62.5 Å². The molecule has 7 N–H and O–H groups in total. The molecule has 0 bridgehead atoms. The van der Waals surface area contributed by atoms with Crippen molar-refractivity contribution in [2.45, 2.75) is 64.4 Å². The Bertz CT molecular complexity index is 1680. The predicted octanol–water partition coefficient (Wildman–Crippen LogP) is 0.575. The fraction of sp³-hybridized carbons (Fsp3) is 0.594. The summed E-state index contributed by atoms with van der Waals surface area (Å²) in [5, 5.41) is 29.9. The maximum atomic E-state index is 13.8. The van der Waals surface area contributed by atoms with Crippen LogP contribution < -0.4 is 21.8 Å². The third-order valence-electron chi connectivity index (χ3n) is 9.47. The van der Waals surface area contributed by atoms with Gasteiger partial charge >= 0.3 is 6.09 Å². The number of nitrogens with two attached hydrogens (primary N) is 1. The van der Waals surface area contributed by atoms with Crippen LogP contribution >= 0.6 is 21.6 Å². The minimum atomic E-state index is -1.03. The van der Waals surface area contributed by atoms with Crippen LogP contribution in [0.2, 0.25) is 0 Å². The number of allylic oxidation sites excluding steroid dienone is 1. The number of aromatic nitrogens is 1. The van der Waals surface area contributed by atoms with Gasteiger partial charge in [0.05, 0.1) is 29.3 Å². The zero-order chi connectivity index (χ0) is 37.0. The number of rotatable bonds is 17. The summed E-state index contributed by atoms with van der Waals surface area (Å²) in [6.07, 6.45) is -0.429. The van der Waals surface area contributed by atoms with Crippen molar-refractivity contribution in [2.24, 2.45) is 27.7 Å². The number of nitrogens with one attached hydrogen (secondary N) is 3. The molecular formula is C32H44N8O9S2. The van der Waals surface area contributed by atoms with Gasteiger partial charge in [0, 0.05) is 86.6 Å². The highest BCUT2D eigenvalue weighted by molar-refractivity contribution is 8.76. The molecule has 0 radical (unpaired) electrons. The van der Waals surface area contributed by atoms with E-state index in [-0.39, 0.29) is 78.6 Å². The van der Waals surface area contributed by atoms with E-state index in [1.54, 1.807) is 31.6 Å². The van der Waals surface area contributed by atoms with Gasteiger partial charge in [-0.1, -0.05) is 21.6 Å². The van der Waals surface area contributed by atoms with Gasteiger partial charge in [0.1, 0.15) is 6.61 Å². The summed E-state index contributed by atoms with van der Waals surface area (Å²) in [6, 6.07) is 1.41. The number of aryl methyl sites for hydroxylation is 1. The molecule has 1 unspecified atom stereocenters. The first kappa shape index (κ1) is 38.2. The molecule has 4 heterocycles. The number of methoxy groups -OCH3 is 1. The second-order valence-electron chi connectivity index (χ2n) is 12.7. The van der Waals surface area contributed by atoms with Crippen molar-refractivity contribution in [3.63, 3.8) is 0 Å². The Morgan fingerprint density at radius 1 is 1.16 bits per heavy atom. The molecule has 0 saturated carbocycles. The number of piperazine rings is 1. The van der Waals surface area contributed by atoms with E-state index < -0.39 is 29.6 Å². The average molecular weight is 749 g/mol. The molecule has 1 aromatic rings. The maximum Gasteiger partial charge on any atom is 0.404 e. The smallest absolute Gasteiger partial charge is 0.404 e. The fourth-order valence-electron chi connectivity index (χ4n) is 6.89. The number of Topliss-reactive ketones (excluding diaryl/α,β-unsaturated/α-hetero) is 2. The van der Waals surface area contributed by atoms with Gasteiger partial charge in [-0.25, -0.2) is 10.2 Å². The maximum absolute atomic E-state index is 13.8. The van der Waals surface area contributed by atoms with Gasteiger partial charge in [-0.2, -0.15) is 5.10 Å². The molecule has 278 valence electrons. The van der Waals surface area contributed by atoms with Gasteiger partial charge in [0.25, 0.3) is 0 Å². The normalized spacial score (nSPS) is 25.9. The Balaban J connectivity index is 1.00. The molecule has 3 aliphatic heterocycles. The first-order valence-corrected chi connectivity index (χ1v) is 19.1. The molecule has 0 aromatic carbocycles. The molecule has 19 heteroatoms. The largest absolute Gasteiger partial charge is 0.494 e. The number of hydrazone groups is 1. The van der Waals surface area contributed by atoms with Crippen molar-refractivity contribution < 1.29 is 43.7 Å². The van der Waals surface area contributed by atoms with Gasteiger partial charge in [-0.3, -0.25) is 28.7 Å². The van der Waals surface area contributed by atoms with Crippen LogP contribution in [0.3, 0.4) is 0 Å². The van der Waals surface area contributed by atoms with Crippen LogP contribution in [-0.4, -0.2) is 123 Å². The van der Waals surface area contributed by atoms with Crippen LogP contribution in [0.5, 0.6) is 11.8 Å². The quantitative estimate of drug-likeness (QED) is 0.0420. The molecule has 1 aromatic heterocycles. The SMILES string of the molecule is CO[C@@]12[C@H](COC(N)=O)C3=C(C(=O)C(C)C(=NCCSSCCNC(=O)CCC(C)=NNC(=O)CCn4c(O)cc(C)c4O)C3=O)N1C[C@@H]1N[C@@H]12. The van der Waals surface area contributed by atoms with Crippen LogP contribution in [0.4, 0.5) is 4.79 Å². The van der Waals surface area contributed by atoms with Crippen LogP contribution in [0.25, 0.3) is 0 Å². The van der Waals surface area contributed by atoms with Crippen molar-refractivity contribution in [1.82, 2.24) is 25.5 Å². The second kappa shape index (κ2) is 16.1. The van der Waals surface area contributed by atoms with E-state index in [0.717, 1.165) is 0 Å². The van der Waals surface area contributed by atoms with E-state index in [0.29, 0.717) is 54.5 Å². The van der Waals surface area contributed by atoms with Crippen molar-refractivity contribution in [3.05, 3.63) is 22.9 Å². The molecule has 1 aliphatic carbocycles. The fourth-order valence-corrected chi connectivity index (χ4v) is 8.65. The van der Waals surface area contributed by atoms with E-state index in [1.165, 1.54) is 28.5 Å². The van der Waals surface area contributed by atoms with E-state index in [4.69, 9.17) is 15.2 Å². The lowest BCUT2D eigenvalue weighted by atomic mass is 9.78. The molecule has 5 atom stereocenters. The first-order valence-electron chi connectivity index (χ1n) is 16.6. The Morgan fingerprint density at radius 3 is 2.59 bits per heavy atom. The van der Waals surface area contributed by atoms with Crippen molar-refractivity contribution in [2.75, 3.05) is 44.9 Å². The number of aromatic hydroxyl groups is 2. The summed E-state index contributed by atoms with van der Waals surface area (Å²) in [7, 11) is 4.61. The lowest BCUT2D eigenvalue weighted by Gasteiger charge is -2.39.